The molecule has 0 spiro atoms. The van der Waals surface area contributed by atoms with Gasteiger partial charge >= 0.3 is 5.97 Å². The highest BCUT2D eigenvalue weighted by molar-refractivity contribution is 9.13. The smallest absolute Gasteiger partial charge is 0.325 e. The van der Waals surface area contributed by atoms with Crippen LogP contribution in [-0.4, -0.2) is 29.3 Å². The van der Waals surface area contributed by atoms with E-state index in [9.17, 15) is 13.2 Å². The van der Waals surface area contributed by atoms with Crippen LogP contribution in [0.15, 0.2) is 38.2 Å². The maximum Gasteiger partial charge on any atom is 0.325 e. The summed E-state index contributed by atoms with van der Waals surface area (Å²) in [5.41, 5.74) is 1.52. The van der Waals surface area contributed by atoms with E-state index in [2.05, 4.69) is 41.7 Å². The molecule has 1 unspecified atom stereocenters. The number of nitrogens with zero attached hydrogens (tertiary/aromatic N) is 2. The number of carbonyl (C=O) groups is 1. The van der Waals surface area contributed by atoms with Crippen molar-refractivity contribution in [2.75, 3.05) is 0 Å². The molecule has 1 heterocycles. The van der Waals surface area contributed by atoms with Crippen LogP contribution in [0.3, 0.4) is 0 Å². The predicted octanol–water partition coefficient (Wildman–Crippen LogP) is 2.85. The monoisotopic (exact) mass is 491 g/mol. The van der Waals surface area contributed by atoms with Gasteiger partial charge in [0, 0.05) is 20.2 Å². The number of hydrogen-bond donors (Lipinski definition) is 2. The largest absolute Gasteiger partial charge is 0.480 e. The van der Waals surface area contributed by atoms with Gasteiger partial charge in [-0.25, -0.2) is 13.1 Å². The van der Waals surface area contributed by atoms with Crippen LogP contribution >= 0.6 is 31.9 Å². The van der Waals surface area contributed by atoms with Gasteiger partial charge in [0.15, 0.2) is 0 Å². The van der Waals surface area contributed by atoms with E-state index in [1.807, 2.05) is 0 Å². The number of nitrogens with one attached hydrogen (secondary N) is 1. The minimum Gasteiger partial charge on any atom is -0.480 e. The van der Waals surface area contributed by atoms with Crippen LogP contribution in [-0.2, 0) is 27.8 Å². The topological polar surface area (TPSA) is 101 Å². The molecule has 1 atom stereocenters. The summed E-state index contributed by atoms with van der Waals surface area (Å²) >= 11 is 6.62. The van der Waals surface area contributed by atoms with Crippen molar-refractivity contribution in [2.24, 2.45) is 0 Å². The maximum absolute atomic E-state index is 12.7. The molecule has 2 aromatic rings. The fraction of sp³-hybridized carbons (Fsp3) is 0.333. The fourth-order valence-corrected chi connectivity index (χ4v) is 4.96. The van der Waals surface area contributed by atoms with Crippen LogP contribution in [0.1, 0.15) is 30.1 Å². The molecule has 134 valence electrons. The van der Waals surface area contributed by atoms with Crippen LogP contribution in [0.5, 0.6) is 0 Å². The van der Waals surface area contributed by atoms with Crippen LogP contribution in [0.25, 0.3) is 0 Å². The third kappa shape index (κ3) is 3.97. The molecule has 7 nitrogen and oxygen atoms in total. The van der Waals surface area contributed by atoms with Gasteiger partial charge in [0.1, 0.15) is 6.54 Å². The highest BCUT2D eigenvalue weighted by Crippen LogP contribution is 2.32. The third-order valence-corrected chi connectivity index (χ3v) is 7.40. The van der Waals surface area contributed by atoms with Gasteiger partial charge in [-0.05, 0) is 69.3 Å². The first-order valence-corrected chi connectivity index (χ1v) is 10.6. The normalized spacial score (nSPS) is 17.3. The Bertz CT molecular complexity index is 927. The Labute approximate surface area is 161 Å². The number of sulfonamides is 1. The lowest BCUT2D eigenvalue weighted by Crippen LogP contribution is -2.31. The summed E-state index contributed by atoms with van der Waals surface area (Å²) < 4.78 is 30.9. The molecular weight excluding hydrogens is 478 g/mol. The number of aliphatic carboxylic acids is 1. The minimum atomic E-state index is -3.71. The lowest BCUT2D eigenvalue weighted by Gasteiger charge is -2.24. The third-order valence-electron chi connectivity index (χ3n) is 4.05. The van der Waals surface area contributed by atoms with Gasteiger partial charge in [0.25, 0.3) is 0 Å². The first-order chi connectivity index (χ1) is 11.8. The molecule has 1 aliphatic rings. The van der Waals surface area contributed by atoms with Crippen LogP contribution in [0, 0.1) is 0 Å². The Hall–Kier alpha value is -1.23. The van der Waals surface area contributed by atoms with E-state index in [0.717, 1.165) is 22.2 Å². The zero-order valence-corrected chi connectivity index (χ0v) is 16.9. The molecule has 2 N–H and O–H groups in total. The van der Waals surface area contributed by atoms with Crippen molar-refractivity contribution in [2.45, 2.75) is 36.7 Å². The van der Waals surface area contributed by atoms with Crippen LogP contribution in [0.2, 0.25) is 0 Å². The van der Waals surface area contributed by atoms with Crippen molar-refractivity contribution < 1.29 is 18.3 Å². The predicted molar refractivity (Wildman–Crippen MR) is 97.7 cm³/mol. The fourth-order valence-electron chi connectivity index (χ4n) is 2.90. The van der Waals surface area contributed by atoms with E-state index < -0.39 is 22.0 Å². The quantitative estimate of drug-likeness (QED) is 0.668. The average molecular weight is 493 g/mol. The number of hydrogen-bond acceptors (Lipinski definition) is 4. The van der Waals surface area contributed by atoms with E-state index in [4.69, 9.17) is 5.11 Å². The number of rotatable bonds is 5. The van der Waals surface area contributed by atoms with Crippen molar-refractivity contribution in [3.8, 4) is 0 Å². The molecule has 0 fully saturated rings. The van der Waals surface area contributed by atoms with E-state index in [1.165, 1.54) is 16.8 Å². The van der Waals surface area contributed by atoms with Gasteiger partial charge in [-0.2, -0.15) is 5.10 Å². The zero-order chi connectivity index (χ0) is 18.2. The molecule has 25 heavy (non-hydrogen) atoms. The number of halogens is 2. The van der Waals surface area contributed by atoms with Crippen molar-refractivity contribution >= 4 is 47.9 Å². The number of carboxylic acid groups (broad SMARTS) is 1. The highest BCUT2D eigenvalue weighted by Gasteiger charge is 2.29. The summed E-state index contributed by atoms with van der Waals surface area (Å²) in [5.74, 6) is -0.978. The number of fused-ring (bicyclic) bond motifs is 1. The Morgan fingerprint density at radius 2 is 2.12 bits per heavy atom. The number of benzene rings is 1. The molecular formula is C15H15Br2N3O4S. The van der Waals surface area contributed by atoms with E-state index in [0.29, 0.717) is 17.3 Å². The van der Waals surface area contributed by atoms with Crippen LogP contribution < -0.4 is 4.72 Å². The molecule has 0 saturated heterocycles. The summed E-state index contributed by atoms with van der Waals surface area (Å²) in [6.07, 6.45) is 3.64. The Morgan fingerprint density at radius 3 is 2.80 bits per heavy atom. The van der Waals surface area contributed by atoms with E-state index in [-0.39, 0.29) is 11.4 Å². The first-order valence-electron chi connectivity index (χ1n) is 7.51. The van der Waals surface area contributed by atoms with Gasteiger partial charge in [-0.3, -0.25) is 9.48 Å². The van der Waals surface area contributed by atoms with Gasteiger partial charge in [-0.15, -0.1) is 0 Å². The molecule has 0 amide bonds. The molecule has 0 saturated carbocycles. The Balaban J connectivity index is 1.88. The maximum atomic E-state index is 12.7. The van der Waals surface area contributed by atoms with Gasteiger partial charge in [0.05, 0.1) is 17.1 Å². The second kappa shape index (κ2) is 7.18. The number of aromatic nitrogens is 2. The van der Waals surface area contributed by atoms with Crippen molar-refractivity contribution in [1.29, 1.82) is 0 Å². The summed E-state index contributed by atoms with van der Waals surface area (Å²) in [4.78, 5) is 11.1. The summed E-state index contributed by atoms with van der Waals surface area (Å²) in [5, 5.41) is 13.1. The lowest BCUT2D eigenvalue weighted by atomic mass is 9.94. The number of carboxylic acids is 1. The molecule has 0 bridgehead atoms. The Morgan fingerprint density at radius 1 is 1.36 bits per heavy atom. The minimum absolute atomic E-state index is 0.160. The highest BCUT2D eigenvalue weighted by atomic mass is 79.9. The first kappa shape index (κ1) is 18.6. The zero-order valence-electron chi connectivity index (χ0n) is 12.9. The Kier molecular flexibility index (Phi) is 5.33. The molecule has 10 heteroatoms. The van der Waals surface area contributed by atoms with Crippen LogP contribution in [0.4, 0.5) is 0 Å². The lowest BCUT2D eigenvalue weighted by molar-refractivity contribution is -0.137. The van der Waals surface area contributed by atoms with Gasteiger partial charge in [-0.1, -0.05) is 0 Å². The van der Waals surface area contributed by atoms with E-state index >= 15 is 0 Å². The molecule has 1 aromatic heterocycles. The van der Waals surface area contributed by atoms with Crippen molar-refractivity contribution in [3.63, 3.8) is 0 Å². The summed E-state index contributed by atoms with van der Waals surface area (Å²) in [7, 11) is -3.71. The SMILES string of the molecule is O=C(O)Cn1ncc2c1CCCC2NS(=O)(=O)c1ccc(Br)c(Br)c1. The second-order valence-electron chi connectivity index (χ2n) is 5.74. The molecule has 1 aromatic carbocycles. The average Bonchev–Trinajstić information content (AvgIpc) is 2.93. The second-order valence-corrected chi connectivity index (χ2v) is 9.16. The molecule has 0 radical (unpaired) electrons. The van der Waals surface area contributed by atoms with E-state index in [1.54, 1.807) is 12.3 Å². The van der Waals surface area contributed by atoms with Gasteiger partial charge in [0.2, 0.25) is 10.0 Å². The molecule has 0 aliphatic heterocycles. The molecule has 3 rings (SSSR count). The van der Waals surface area contributed by atoms with Crippen molar-refractivity contribution in [3.05, 3.63) is 44.6 Å². The summed E-state index contributed by atoms with van der Waals surface area (Å²) in [6, 6.07) is 4.30. The summed E-state index contributed by atoms with van der Waals surface area (Å²) in [6.45, 7) is -0.228. The van der Waals surface area contributed by atoms with Crippen molar-refractivity contribution in [1.82, 2.24) is 14.5 Å². The molecule has 1 aliphatic carbocycles. The standard InChI is InChI=1S/C15H15Br2N3O4S/c16-11-5-4-9(6-12(11)17)25(23,24)19-13-2-1-3-14-10(13)7-18-20(14)8-15(21)22/h4-7,13,19H,1-3,8H2,(H,21,22). The van der Waals surface area contributed by atoms with Gasteiger partial charge < -0.3 is 5.11 Å².